The van der Waals surface area contributed by atoms with Gasteiger partial charge in [-0.15, -0.1) is 0 Å². The third-order valence-electron chi connectivity index (χ3n) is 4.23. The summed E-state index contributed by atoms with van der Waals surface area (Å²) in [4.78, 5) is 29.6. The van der Waals surface area contributed by atoms with Crippen molar-refractivity contribution in [2.45, 2.75) is 31.5 Å². The lowest BCUT2D eigenvalue weighted by atomic mass is 10.1. The van der Waals surface area contributed by atoms with Crippen molar-refractivity contribution >= 4 is 17.8 Å². The van der Waals surface area contributed by atoms with Crippen molar-refractivity contribution in [2.75, 3.05) is 31.6 Å². The number of anilines is 1. The third-order valence-corrected chi connectivity index (χ3v) is 4.23. The molecule has 0 unspecified atom stereocenters. The lowest BCUT2D eigenvalue weighted by molar-refractivity contribution is -0.138. The summed E-state index contributed by atoms with van der Waals surface area (Å²) in [6, 6.07) is 1.95. The molecule has 1 aliphatic heterocycles. The number of nitrogens with zero attached hydrogens (tertiary/aromatic N) is 3. The number of carbonyl (C=O) groups is 2. The molecule has 1 aromatic heterocycles. The van der Waals surface area contributed by atoms with Crippen LogP contribution >= 0.6 is 0 Å². The van der Waals surface area contributed by atoms with E-state index in [0.717, 1.165) is 12.3 Å². The van der Waals surface area contributed by atoms with Gasteiger partial charge in [0, 0.05) is 38.9 Å². The number of halogens is 3. The van der Waals surface area contributed by atoms with Crippen LogP contribution in [0.3, 0.4) is 0 Å². The second kappa shape index (κ2) is 8.24. The quantitative estimate of drug-likeness (QED) is 0.825. The van der Waals surface area contributed by atoms with Crippen molar-refractivity contribution in [1.29, 1.82) is 0 Å². The van der Waals surface area contributed by atoms with Gasteiger partial charge in [-0.25, -0.2) is 9.78 Å². The average Bonchev–Trinajstić information content (AvgIpc) is 2.59. The van der Waals surface area contributed by atoms with Gasteiger partial charge in [-0.3, -0.25) is 4.79 Å². The van der Waals surface area contributed by atoms with Gasteiger partial charge in [0.15, 0.2) is 0 Å². The van der Waals surface area contributed by atoms with Gasteiger partial charge < -0.3 is 20.2 Å². The molecule has 2 N–H and O–H groups in total. The number of hydrogen-bond donors (Lipinski definition) is 2. The molecular weight excluding hydrogens is 353 g/mol. The molecule has 0 aliphatic carbocycles. The molecule has 1 aromatic rings. The highest BCUT2D eigenvalue weighted by Gasteiger charge is 2.31. The Labute approximate surface area is 148 Å². The first-order valence-electron chi connectivity index (χ1n) is 8.18. The van der Waals surface area contributed by atoms with Gasteiger partial charge in [0.25, 0.3) is 0 Å². The maximum absolute atomic E-state index is 12.6. The van der Waals surface area contributed by atoms with E-state index in [0.29, 0.717) is 31.7 Å². The zero-order valence-corrected chi connectivity index (χ0v) is 14.3. The van der Waals surface area contributed by atoms with Gasteiger partial charge in [0.05, 0.1) is 12.0 Å². The highest BCUT2D eigenvalue weighted by molar-refractivity contribution is 5.75. The Kier molecular flexibility index (Phi) is 6.27. The van der Waals surface area contributed by atoms with E-state index in [1.165, 1.54) is 18.0 Å². The first kappa shape index (κ1) is 19.8. The highest BCUT2D eigenvalue weighted by Crippen LogP contribution is 2.29. The van der Waals surface area contributed by atoms with E-state index in [2.05, 4.69) is 10.3 Å². The van der Waals surface area contributed by atoms with Gasteiger partial charge in [0.1, 0.15) is 5.82 Å². The molecule has 0 spiro atoms. The normalized spacial score (nSPS) is 15.6. The summed E-state index contributed by atoms with van der Waals surface area (Å²) in [5.41, 5.74) is -0.784. The number of alkyl halides is 3. The van der Waals surface area contributed by atoms with Gasteiger partial charge in [-0.05, 0) is 25.0 Å². The summed E-state index contributed by atoms with van der Waals surface area (Å²) in [7, 11) is 1.53. The van der Waals surface area contributed by atoms with Crippen molar-refractivity contribution in [3.05, 3.63) is 23.9 Å². The monoisotopic (exact) mass is 374 g/mol. The predicted octanol–water partition coefficient (Wildman–Crippen LogP) is 2.19. The first-order chi connectivity index (χ1) is 12.2. The predicted molar refractivity (Wildman–Crippen MR) is 87.9 cm³/mol. The Bertz CT molecular complexity index is 629. The van der Waals surface area contributed by atoms with Crippen LogP contribution in [-0.2, 0) is 11.0 Å². The summed E-state index contributed by atoms with van der Waals surface area (Å²) in [5, 5.41) is 11.5. The molecule has 2 heterocycles. The summed E-state index contributed by atoms with van der Waals surface area (Å²) in [5.74, 6) is -0.497. The van der Waals surface area contributed by atoms with Crippen LogP contribution in [0.25, 0.3) is 0 Å². The summed E-state index contributed by atoms with van der Waals surface area (Å²) >= 11 is 0. The van der Waals surface area contributed by atoms with E-state index in [-0.39, 0.29) is 25.0 Å². The van der Waals surface area contributed by atoms with Crippen LogP contribution in [0.5, 0.6) is 0 Å². The van der Waals surface area contributed by atoms with Crippen molar-refractivity contribution in [1.82, 2.24) is 15.2 Å². The number of nitrogens with one attached hydrogen (secondary N) is 1. The SMILES string of the molecule is CN(CCC(=O)O)C(=O)NC1CCN(c2ccc(C(F)(F)F)cn2)CC1. The number of amides is 2. The van der Waals surface area contributed by atoms with E-state index >= 15 is 0 Å². The summed E-state index contributed by atoms with van der Waals surface area (Å²) < 4.78 is 37.7. The maximum atomic E-state index is 12.6. The molecule has 0 aromatic carbocycles. The molecule has 2 rings (SSSR count). The number of aliphatic carboxylic acids is 1. The summed E-state index contributed by atoms with van der Waals surface area (Å²) in [6.45, 7) is 1.24. The molecule has 0 bridgehead atoms. The van der Waals surface area contributed by atoms with Crippen molar-refractivity contribution in [3.63, 3.8) is 0 Å². The Hall–Kier alpha value is -2.52. The van der Waals surface area contributed by atoms with E-state index in [1.807, 2.05) is 4.90 Å². The zero-order chi connectivity index (χ0) is 19.3. The molecule has 0 atom stereocenters. The van der Waals surface area contributed by atoms with Crippen LogP contribution in [0.2, 0.25) is 0 Å². The second-order valence-electron chi connectivity index (χ2n) is 6.18. The van der Waals surface area contributed by atoms with Gasteiger partial charge >= 0.3 is 18.2 Å². The third kappa shape index (κ3) is 5.50. The van der Waals surface area contributed by atoms with Crippen LogP contribution in [0.4, 0.5) is 23.8 Å². The van der Waals surface area contributed by atoms with Gasteiger partial charge in [-0.2, -0.15) is 13.2 Å². The number of carboxylic acids is 1. The van der Waals surface area contributed by atoms with E-state index in [4.69, 9.17) is 5.11 Å². The molecule has 0 radical (unpaired) electrons. The Morgan fingerprint density at radius 3 is 2.50 bits per heavy atom. The zero-order valence-electron chi connectivity index (χ0n) is 14.3. The van der Waals surface area contributed by atoms with Crippen LogP contribution in [0.15, 0.2) is 18.3 Å². The number of carboxylic acid groups (broad SMARTS) is 1. The molecular formula is C16H21F3N4O3. The number of hydrogen-bond acceptors (Lipinski definition) is 4. The van der Waals surface area contributed by atoms with Crippen molar-refractivity contribution < 1.29 is 27.9 Å². The fourth-order valence-corrected chi connectivity index (χ4v) is 2.64. The summed E-state index contributed by atoms with van der Waals surface area (Å²) in [6.07, 6.45) is -2.46. The van der Waals surface area contributed by atoms with Crippen LogP contribution in [0.1, 0.15) is 24.8 Å². The minimum absolute atomic E-state index is 0.0690. The van der Waals surface area contributed by atoms with Crippen molar-refractivity contribution in [3.8, 4) is 0 Å². The van der Waals surface area contributed by atoms with E-state index in [9.17, 15) is 22.8 Å². The molecule has 1 fully saturated rings. The minimum Gasteiger partial charge on any atom is -0.481 e. The molecule has 1 aliphatic rings. The molecule has 26 heavy (non-hydrogen) atoms. The number of carbonyl (C=O) groups excluding carboxylic acids is 1. The average molecular weight is 374 g/mol. The Morgan fingerprint density at radius 1 is 1.35 bits per heavy atom. The highest BCUT2D eigenvalue weighted by atomic mass is 19.4. The number of rotatable bonds is 5. The van der Waals surface area contributed by atoms with Gasteiger partial charge in [-0.1, -0.05) is 0 Å². The number of aromatic nitrogens is 1. The molecule has 10 heteroatoms. The molecule has 0 saturated carbocycles. The maximum Gasteiger partial charge on any atom is 0.417 e. The fraction of sp³-hybridized carbons (Fsp3) is 0.562. The topological polar surface area (TPSA) is 85.8 Å². The van der Waals surface area contributed by atoms with Gasteiger partial charge in [0.2, 0.25) is 0 Å². The Morgan fingerprint density at radius 2 is 2.00 bits per heavy atom. The van der Waals surface area contributed by atoms with Crippen LogP contribution < -0.4 is 10.2 Å². The number of piperidine rings is 1. The lowest BCUT2D eigenvalue weighted by Gasteiger charge is -2.34. The molecule has 2 amide bonds. The van der Waals surface area contributed by atoms with Crippen LogP contribution in [0, 0.1) is 0 Å². The Balaban J connectivity index is 1.81. The lowest BCUT2D eigenvalue weighted by Crippen LogP contribution is -2.48. The van der Waals surface area contributed by atoms with Crippen molar-refractivity contribution in [2.24, 2.45) is 0 Å². The van der Waals surface area contributed by atoms with E-state index in [1.54, 1.807) is 0 Å². The standard InChI is InChI=1S/C16H21F3N4O3/c1-22(7-6-14(24)25)15(26)21-12-4-8-23(9-5-12)13-3-2-11(10-20-13)16(17,18)19/h2-3,10,12H,4-9H2,1H3,(H,21,26)(H,24,25). The molecule has 144 valence electrons. The fourth-order valence-electron chi connectivity index (χ4n) is 2.64. The molecule has 1 saturated heterocycles. The minimum atomic E-state index is -4.41. The number of pyridine rings is 1. The van der Waals surface area contributed by atoms with Crippen LogP contribution in [-0.4, -0.2) is 59.7 Å². The number of urea groups is 1. The second-order valence-corrected chi connectivity index (χ2v) is 6.18. The smallest absolute Gasteiger partial charge is 0.417 e. The molecule has 7 nitrogen and oxygen atoms in total. The first-order valence-corrected chi connectivity index (χ1v) is 8.18. The largest absolute Gasteiger partial charge is 0.481 e. The van der Waals surface area contributed by atoms with E-state index < -0.39 is 17.7 Å².